The molecule has 0 saturated heterocycles. The minimum absolute atomic E-state index is 0.00607. The maximum atomic E-state index is 11.5. The Morgan fingerprint density at radius 2 is 1.95 bits per heavy atom. The average Bonchev–Trinajstić information content (AvgIpc) is 3.13. The Hall–Kier alpha value is -1.60. The average molecular weight is 285 g/mol. The van der Waals surface area contributed by atoms with Crippen LogP contribution < -0.4 is 8.91 Å². The second-order valence-electron chi connectivity index (χ2n) is 4.20. The molecule has 1 aliphatic rings. The molecule has 1 aliphatic carbocycles. The fourth-order valence-electron chi connectivity index (χ4n) is 1.37. The van der Waals surface area contributed by atoms with Crippen molar-refractivity contribution in [3.05, 3.63) is 30.3 Å². The number of hydrogen-bond donors (Lipinski definition) is 1. The Morgan fingerprint density at radius 1 is 1.26 bits per heavy atom. The van der Waals surface area contributed by atoms with Crippen molar-refractivity contribution in [3.63, 3.8) is 0 Å². The van der Waals surface area contributed by atoms with Crippen LogP contribution in [0.2, 0.25) is 0 Å². The topological polar surface area (TPSA) is 81.7 Å². The maximum absolute atomic E-state index is 11.5. The van der Waals surface area contributed by atoms with E-state index in [-0.39, 0.29) is 24.9 Å². The Balaban J connectivity index is 1.77. The van der Waals surface area contributed by atoms with Gasteiger partial charge in [-0.15, -0.1) is 0 Å². The molecular weight excluding hydrogens is 270 g/mol. The minimum atomic E-state index is -4.12. The van der Waals surface area contributed by atoms with E-state index in [1.54, 1.807) is 18.2 Å². The van der Waals surface area contributed by atoms with Crippen LogP contribution in [-0.2, 0) is 19.8 Å². The molecule has 1 aromatic carbocycles. The van der Waals surface area contributed by atoms with Crippen LogP contribution in [0, 0.1) is 0 Å². The number of hydrogen-bond acceptors (Lipinski definition) is 5. The Bertz CT molecular complexity index is 524. The lowest BCUT2D eigenvalue weighted by atomic mass is 10.3. The molecule has 0 aliphatic heterocycles. The summed E-state index contributed by atoms with van der Waals surface area (Å²) < 4.78 is 34.9. The van der Waals surface area contributed by atoms with Crippen molar-refractivity contribution in [2.45, 2.75) is 25.4 Å². The highest BCUT2D eigenvalue weighted by Gasteiger charge is 2.22. The van der Waals surface area contributed by atoms with Crippen LogP contribution in [-0.4, -0.2) is 27.0 Å². The summed E-state index contributed by atoms with van der Waals surface area (Å²) in [6.07, 6.45) is 2.26. The molecule has 1 amide bonds. The predicted molar refractivity (Wildman–Crippen MR) is 67.7 cm³/mol. The zero-order valence-electron chi connectivity index (χ0n) is 10.2. The molecule has 1 aromatic rings. The van der Waals surface area contributed by atoms with Gasteiger partial charge in [-0.2, -0.15) is 8.42 Å². The van der Waals surface area contributed by atoms with Gasteiger partial charge in [0.2, 0.25) is 5.91 Å². The maximum Gasteiger partial charge on any atom is 0.409 e. The number of ether oxygens (including phenoxy) is 1. The predicted octanol–water partition coefficient (Wildman–Crippen LogP) is 0.995. The van der Waals surface area contributed by atoms with E-state index in [2.05, 4.69) is 0 Å². The summed E-state index contributed by atoms with van der Waals surface area (Å²) in [7, 11) is -4.12. The van der Waals surface area contributed by atoms with Crippen molar-refractivity contribution in [1.29, 1.82) is 0 Å². The molecule has 1 N–H and O–H groups in total. The Morgan fingerprint density at radius 3 is 2.58 bits per heavy atom. The summed E-state index contributed by atoms with van der Waals surface area (Å²) in [5, 5.41) is 0. The molecule has 2 rings (SSSR count). The monoisotopic (exact) mass is 285 g/mol. The van der Waals surface area contributed by atoms with E-state index in [9.17, 15) is 13.2 Å². The first-order valence-corrected chi connectivity index (χ1v) is 7.38. The van der Waals surface area contributed by atoms with E-state index in [0.717, 1.165) is 12.8 Å². The fraction of sp³-hybridized carbons (Fsp3) is 0.417. The lowest BCUT2D eigenvalue weighted by molar-refractivity contribution is -0.120. The second-order valence-corrected chi connectivity index (χ2v) is 5.47. The number of benzene rings is 1. The number of rotatable bonds is 7. The molecule has 0 unspecified atom stereocenters. The number of para-hydroxylation sites is 1. The van der Waals surface area contributed by atoms with Gasteiger partial charge in [0.15, 0.2) is 0 Å². The molecule has 19 heavy (non-hydrogen) atoms. The molecule has 6 nitrogen and oxygen atoms in total. The number of nitrogens with one attached hydrogen (secondary N) is 1. The minimum Gasteiger partial charge on any atom is -0.378 e. The molecule has 0 aromatic heterocycles. The summed E-state index contributed by atoms with van der Waals surface area (Å²) in [6, 6.07) is 7.97. The third kappa shape index (κ3) is 5.27. The zero-order chi connectivity index (χ0) is 13.7. The normalized spacial score (nSPS) is 14.9. The van der Waals surface area contributed by atoms with Gasteiger partial charge in [-0.05, 0) is 25.0 Å². The summed E-state index contributed by atoms with van der Waals surface area (Å²) in [4.78, 5) is 11.4. The van der Waals surface area contributed by atoms with Crippen molar-refractivity contribution in [3.8, 4) is 5.75 Å². The first kappa shape index (κ1) is 13.8. The van der Waals surface area contributed by atoms with Gasteiger partial charge < -0.3 is 8.92 Å². The first-order chi connectivity index (χ1) is 9.05. The third-order valence-corrected chi connectivity index (χ3v) is 3.28. The number of carbonyl (C=O) groups excluding carboxylic acids is 1. The van der Waals surface area contributed by atoms with Gasteiger partial charge in [0.1, 0.15) is 5.75 Å². The van der Waals surface area contributed by atoms with Gasteiger partial charge in [0, 0.05) is 0 Å². The zero-order valence-corrected chi connectivity index (χ0v) is 11.1. The Kier molecular flexibility index (Phi) is 4.39. The molecule has 0 radical (unpaired) electrons. The van der Waals surface area contributed by atoms with Gasteiger partial charge in [0.25, 0.3) is 0 Å². The van der Waals surface area contributed by atoms with Crippen LogP contribution in [0.1, 0.15) is 19.3 Å². The quantitative estimate of drug-likeness (QED) is 0.808. The van der Waals surface area contributed by atoms with E-state index in [4.69, 9.17) is 8.92 Å². The van der Waals surface area contributed by atoms with Crippen molar-refractivity contribution in [2.24, 2.45) is 0 Å². The number of carbonyl (C=O) groups is 1. The Labute approximate surface area is 112 Å². The van der Waals surface area contributed by atoms with E-state index in [1.165, 1.54) is 12.1 Å². The molecular formula is C12H15NO5S. The van der Waals surface area contributed by atoms with E-state index in [1.807, 2.05) is 4.72 Å². The van der Waals surface area contributed by atoms with Gasteiger partial charge in [0.05, 0.1) is 19.1 Å². The fourth-order valence-corrected chi connectivity index (χ4v) is 2.15. The van der Waals surface area contributed by atoms with Gasteiger partial charge in [-0.1, -0.05) is 18.2 Å². The van der Waals surface area contributed by atoms with E-state index in [0.29, 0.717) is 0 Å². The number of amides is 1. The van der Waals surface area contributed by atoms with Crippen LogP contribution in [0.4, 0.5) is 0 Å². The first-order valence-electron chi connectivity index (χ1n) is 5.97. The van der Waals surface area contributed by atoms with Crippen molar-refractivity contribution < 1.29 is 22.1 Å². The molecule has 1 saturated carbocycles. The second kappa shape index (κ2) is 6.03. The smallest absolute Gasteiger partial charge is 0.378 e. The highest BCUT2D eigenvalue weighted by molar-refractivity contribution is 7.85. The lowest BCUT2D eigenvalue weighted by Gasteiger charge is -2.08. The molecule has 7 heteroatoms. The van der Waals surface area contributed by atoms with Crippen molar-refractivity contribution in [2.75, 3.05) is 6.61 Å². The summed E-state index contributed by atoms with van der Waals surface area (Å²) in [5.41, 5.74) is 0. The van der Waals surface area contributed by atoms with Gasteiger partial charge >= 0.3 is 10.3 Å². The summed E-state index contributed by atoms with van der Waals surface area (Å²) in [6.45, 7) is 0.220. The third-order valence-electron chi connectivity index (χ3n) is 2.40. The highest BCUT2D eigenvalue weighted by Crippen LogP contribution is 2.23. The molecule has 0 bridgehead atoms. The molecule has 104 valence electrons. The van der Waals surface area contributed by atoms with Crippen molar-refractivity contribution >= 4 is 16.2 Å². The van der Waals surface area contributed by atoms with E-state index < -0.39 is 16.2 Å². The van der Waals surface area contributed by atoms with Crippen LogP contribution >= 0.6 is 0 Å². The van der Waals surface area contributed by atoms with Gasteiger partial charge in [-0.3, -0.25) is 4.79 Å². The van der Waals surface area contributed by atoms with Crippen LogP contribution in [0.25, 0.3) is 0 Å². The largest absolute Gasteiger partial charge is 0.409 e. The SMILES string of the molecule is O=C(CCOC1CC1)NS(=O)(=O)Oc1ccccc1. The van der Waals surface area contributed by atoms with Gasteiger partial charge in [-0.25, -0.2) is 4.72 Å². The molecule has 0 spiro atoms. The standard InChI is InChI=1S/C12H15NO5S/c14-12(8-9-17-10-6-7-10)13-19(15,16)18-11-4-2-1-3-5-11/h1-5,10H,6-9H2,(H,13,14). The summed E-state index contributed by atoms with van der Waals surface area (Å²) in [5.74, 6) is -0.492. The molecule has 1 fully saturated rings. The van der Waals surface area contributed by atoms with E-state index >= 15 is 0 Å². The highest BCUT2D eigenvalue weighted by atomic mass is 32.2. The van der Waals surface area contributed by atoms with Crippen LogP contribution in [0.15, 0.2) is 30.3 Å². The van der Waals surface area contributed by atoms with Crippen molar-refractivity contribution in [1.82, 2.24) is 4.72 Å². The van der Waals surface area contributed by atoms with Crippen LogP contribution in [0.3, 0.4) is 0 Å². The van der Waals surface area contributed by atoms with Crippen LogP contribution in [0.5, 0.6) is 5.75 Å². The molecule has 0 atom stereocenters. The lowest BCUT2D eigenvalue weighted by Crippen LogP contribution is -2.34. The summed E-state index contributed by atoms with van der Waals surface area (Å²) >= 11 is 0. The molecule has 0 heterocycles.